The van der Waals surface area contributed by atoms with Crippen molar-refractivity contribution in [3.8, 4) is 0 Å². The maximum atomic E-state index is 13.6. The Labute approximate surface area is 113 Å². The van der Waals surface area contributed by atoms with Crippen LogP contribution in [0.1, 0.15) is 12.8 Å². The lowest BCUT2D eigenvalue weighted by atomic mass is 10.1. The van der Waals surface area contributed by atoms with Crippen LogP contribution in [0.5, 0.6) is 0 Å². The van der Waals surface area contributed by atoms with E-state index >= 15 is 0 Å². The van der Waals surface area contributed by atoms with Crippen LogP contribution in [0.2, 0.25) is 0 Å². The van der Waals surface area contributed by atoms with Gasteiger partial charge in [-0.1, -0.05) is 0 Å². The van der Waals surface area contributed by atoms with Crippen molar-refractivity contribution >= 4 is 10.0 Å². The summed E-state index contributed by atoms with van der Waals surface area (Å²) in [6, 6.07) is 2.87. The summed E-state index contributed by atoms with van der Waals surface area (Å²) in [4.78, 5) is 5.75. The molecule has 5 nitrogen and oxygen atoms in total. The van der Waals surface area contributed by atoms with Crippen molar-refractivity contribution in [2.45, 2.75) is 23.9 Å². The SMILES string of the molecule is CN(C)C1CCN(S(=O)(=O)c2ncccc2F)CC1. The van der Waals surface area contributed by atoms with E-state index in [1.54, 1.807) is 0 Å². The summed E-state index contributed by atoms with van der Waals surface area (Å²) in [5.74, 6) is -0.794. The Bertz CT molecular complexity index is 540. The molecule has 1 aliphatic heterocycles. The first-order valence-electron chi connectivity index (χ1n) is 6.20. The number of pyridine rings is 1. The van der Waals surface area contributed by atoms with Crippen LogP contribution >= 0.6 is 0 Å². The number of hydrogen-bond donors (Lipinski definition) is 0. The van der Waals surface area contributed by atoms with Gasteiger partial charge in [-0.25, -0.2) is 17.8 Å². The first-order chi connectivity index (χ1) is 8.93. The van der Waals surface area contributed by atoms with E-state index in [0.29, 0.717) is 19.1 Å². The van der Waals surface area contributed by atoms with Crippen molar-refractivity contribution in [1.82, 2.24) is 14.2 Å². The molecule has 106 valence electrons. The van der Waals surface area contributed by atoms with Crippen LogP contribution in [0.25, 0.3) is 0 Å². The Morgan fingerprint density at radius 3 is 2.53 bits per heavy atom. The normalized spacial score (nSPS) is 18.9. The molecule has 0 amide bonds. The fraction of sp³-hybridized carbons (Fsp3) is 0.583. The highest BCUT2D eigenvalue weighted by atomic mass is 32.2. The smallest absolute Gasteiger partial charge is 0.263 e. The Hall–Kier alpha value is -1.05. The second-order valence-electron chi connectivity index (χ2n) is 4.89. The van der Waals surface area contributed by atoms with Gasteiger partial charge in [0.05, 0.1) is 0 Å². The lowest BCUT2D eigenvalue weighted by molar-refractivity contribution is 0.196. The van der Waals surface area contributed by atoms with Gasteiger partial charge >= 0.3 is 0 Å². The van der Waals surface area contributed by atoms with Gasteiger partial charge in [0.15, 0.2) is 5.82 Å². The van der Waals surface area contributed by atoms with E-state index in [1.165, 1.54) is 16.6 Å². The molecule has 1 fully saturated rings. The quantitative estimate of drug-likeness (QED) is 0.830. The van der Waals surface area contributed by atoms with Crippen molar-refractivity contribution in [1.29, 1.82) is 0 Å². The third-order valence-corrected chi connectivity index (χ3v) is 5.30. The Morgan fingerprint density at radius 1 is 1.37 bits per heavy atom. The fourth-order valence-electron chi connectivity index (χ4n) is 2.28. The number of rotatable bonds is 3. The zero-order chi connectivity index (χ0) is 14.0. The lowest BCUT2D eigenvalue weighted by Crippen LogP contribution is -2.44. The minimum absolute atomic E-state index is 0.375. The third-order valence-electron chi connectivity index (χ3n) is 3.46. The molecular weight excluding hydrogens is 269 g/mol. The van der Waals surface area contributed by atoms with E-state index in [9.17, 15) is 12.8 Å². The molecule has 0 aliphatic carbocycles. The summed E-state index contributed by atoms with van der Waals surface area (Å²) in [6.45, 7) is 0.808. The highest BCUT2D eigenvalue weighted by Gasteiger charge is 2.32. The number of sulfonamides is 1. The van der Waals surface area contributed by atoms with Gasteiger partial charge in [-0.15, -0.1) is 0 Å². The molecule has 1 aliphatic rings. The van der Waals surface area contributed by atoms with Gasteiger partial charge in [0.25, 0.3) is 10.0 Å². The van der Waals surface area contributed by atoms with Crippen molar-refractivity contribution in [2.75, 3.05) is 27.2 Å². The van der Waals surface area contributed by atoms with Crippen LogP contribution in [0, 0.1) is 5.82 Å². The molecule has 0 spiro atoms. The highest BCUT2D eigenvalue weighted by molar-refractivity contribution is 7.89. The summed E-state index contributed by atoms with van der Waals surface area (Å²) in [7, 11) is 0.146. The topological polar surface area (TPSA) is 53.5 Å². The van der Waals surface area contributed by atoms with Crippen molar-refractivity contribution < 1.29 is 12.8 Å². The van der Waals surface area contributed by atoms with Gasteiger partial charge < -0.3 is 4.90 Å². The minimum Gasteiger partial charge on any atom is -0.306 e. The standard InChI is InChI=1S/C12H18FN3O2S/c1-15(2)10-5-8-16(9-6-10)19(17,18)12-11(13)4-3-7-14-12/h3-4,7,10H,5-6,8-9H2,1-2H3. The third kappa shape index (κ3) is 2.93. The van der Waals surface area contributed by atoms with Crippen molar-refractivity contribution in [3.05, 3.63) is 24.1 Å². The summed E-state index contributed by atoms with van der Waals surface area (Å²) >= 11 is 0. The van der Waals surface area contributed by atoms with Gasteiger partial charge in [0.2, 0.25) is 5.03 Å². The van der Waals surface area contributed by atoms with E-state index in [2.05, 4.69) is 9.88 Å². The fourth-order valence-corrected chi connectivity index (χ4v) is 3.73. The molecule has 0 unspecified atom stereocenters. The predicted molar refractivity (Wildman–Crippen MR) is 69.7 cm³/mol. The average Bonchev–Trinajstić information content (AvgIpc) is 2.39. The Kier molecular flexibility index (Phi) is 4.17. The number of aromatic nitrogens is 1. The van der Waals surface area contributed by atoms with Gasteiger partial charge in [0.1, 0.15) is 0 Å². The maximum Gasteiger partial charge on any atom is 0.263 e. The van der Waals surface area contributed by atoms with E-state index in [1.807, 2.05) is 14.1 Å². The molecule has 19 heavy (non-hydrogen) atoms. The zero-order valence-electron chi connectivity index (χ0n) is 11.1. The molecule has 0 atom stereocenters. The molecule has 2 heterocycles. The monoisotopic (exact) mass is 287 g/mol. The molecule has 1 aromatic heterocycles. The van der Waals surface area contributed by atoms with Crippen LogP contribution in [0.3, 0.4) is 0 Å². The summed E-state index contributed by atoms with van der Waals surface area (Å²) in [6.07, 6.45) is 2.80. The Balaban J connectivity index is 2.17. The lowest BCUT2D eigenvalue weighted by Gasteiger charge is -2.34. The molecule has 0 radical (unpaired) electrons. The van der Waals surface area contributed by atoms with Crippen LogP contribution < -0.4 is 0 Å². The van der Waals surface area contributed by atoms with Crippen LogP contribution in [0.15, 0.2) is 23.4 Å². The van der Waals surface area contributed by atoms with E-state index < -0.39 is 20.9 Å². The number of halogens is 1. The summed E-state index contributed by atoms with van der Waals surface area (Å²) < 4.78 is 39.5. The van der Waals surface area contributed by atoms with E-state index in [4.69, 9.17) is 0 Å². The number of hydrogen-bond acceptors (Lipinski definition) is 4. The zero-order valence-corrected chi connectivity index (χ0v) is 11.9. The molecule has 1 aromatic rings. The van der Waals surface area contributed by atoms with Gasteiger partial charge in [-0.05, 0) is 39.1 Å². The van der Waals surface area contributed by atoms with Gasteiger partial charge in [0, 0.05) is 25.3 Å². The second-order valence-corrected chi connectivity index (χ2v) is 6.74. The minimum atomic E-state index is -3.81. The molecule has 0 bridgehead atoms. The first-order valence-corrected chi connectivity index (χ1v) is 7.64. The molecule has 1 saturated heterocycles. The summed E-state index contributed by atoms with van der Waals surface area (Å²) in [5.41, 5.74) is 0. The first kappa shape index (κ1) is 14.4. The number of piperidine rings is 1. The van der Waals surface area contributed by atoms with Crippen LogP contribution in [-0.2, 0) is 10.0 Å². The Morgan fingerprint density at radius 2 is 2.00 bits per heavy atom. The largest absolute Gasteiger partial charge is 0.306 e. The van der Waals surface area contributed by atoms with Gasteiger partial charge in [-0.3, -0.25) is 0 Å². The molecule has 0 aromatic carbocycles. The summed E-state index contributed by atoms with van der Waals surface area (Å²) in [5, 5.41) is -0.474. The molecule has 0 saturated carbocycles. The highest BCUT2D eigenvalue weighted by Crippen LogP contribution is 2.22. The average molecular weight is 287 g/mol. The van der Waals surface area contributed by atoms with Crippen LogP contribution in [-0.4, -0.2) is 55.8 Å². The predicted octanol–water partition coefficient (Wildman–Crippen LogP) is 0.935. The number of nitrogens with zero attached hydrogens (tertiary/aromatic N) is 3. The molecular formula is C12H18FN3O2S. The van der Waals surface area contributed by atoms with Crippen molar-refractivity contribution in [2.24, 2.45) is 0 Å². The maximum absolute atomic E-state index is 13.6. The second kappa shape index (κ2) is 5.52. The molecule has 7 heteroatoms. The molecule has 2 rings (SSSR count). The van der Waals surface area contributed by atoms with E-state index in [0.717, 1.165) is 18.9 Å². The van der Waals surface area contributed by atoms with Crippen molar-refractivity contribution in [3.63, 3.8) is 0 Å². The van der Waals surface area contributed by atoms with Crippen LogP contribution in [0.4, 0.5) is 4.39 Å². The van der Waals surface area contributed by atoms with Gasteiger partial charge in [-0.2, -0.15) is 4.31 Å². The molecule has 0 N–H and O–H groups in total. The van der Waals surface area contributed by atoms with E-state index in [-0.39, 0.29) is 0 Å².